The molecule has 0 bridgehead atoms. The first-order valence-electron chi connectivity index (χ1n) is 8.30. The summed E-state index contributed by atoms with van der Waals surface area (Å²) in [5.74, 6) is -0.717. The molecule has 0 aromatic heterocycles. The van der Waals surface area contributed by atoms with Gasteiger partial charge in [0.05, 0.1) is 6.54 Å². The first-order valence-corrected chi connectivity index (χ1v) is 8.30. The van der Waals surface area contributed by atoms with Crippen LogP contribution >= 0.6 is 0 Å². The molecule has 1 aliphatic heterocycles. The van der Waals surface area contributed by atoms with Gasteiger partial charge in [-0.3, -0.25) is 14.6 Å². The van der Waals surface area contributed by atoms with Crippen LogP contribution in [0.15, 0.2) is 30.3 Å². The van der Waals surface area contributed by atoms with Crippen LogP contribution in [-0.4, -0.2) is 52.6 Å². The van der Waals surface area contributed by atoms with Gasteiger partial charge < -0.3 is 5.11 Å². The number of benzene rings is 1. The summed E-state index contributed by atoms with van der Waals surface area (Å²) in [7, 11) is 0. The fraction of sp³-hybridized carbons (Fsp3) is 0.611. The molecule has 0 radical (unpaired) electrons. The van der Waals surface area contributed by atoms with Crippen molar-refractivity contribution in [3.8, 4) is 0 Å². The predicted molar refractivity (Wildman–Crippen MR) is 88.8 cm³/mol. The number of nitrogens with zero attached hydrogens (tertiary/aromatic N) is 2. The van der Waals surface area contributed by atoms with Gasteiger partial charge in [-0.15, -0.1) is 0 Å². The Kier molecular flexibility index (Phi) is 6.40. The molecule has 1 saturated heterocycles. The first kappa shape index (κ1) is 17.0. The van der Waals surface area contributed by atoms with Crippen molar-refractivity contribution in [2.45, 2.75) is 51.7 Å². The molecule has 1 fully saturated rings. The van der Waals surface area contributed by atoms with E-state index in [0.29, 0.717) is 12.1 Å². The molecule has 0 aliphatic carbocycles. The van der Waals surface area contributed by atoms with Gasteiger partial charge >= 0.3 is 5.97 Å². The Morgan fingerprint density at radius 2 is 2.05 bits per heavy atom. The molecular formula is C18H28N2O2. The number of hydrogen-bond donors (Lipinski definition) is 1. The maximum atomic E-state index is 11.1. The number of aliphatic carboxylic acids is 1. The molecule has 2 rings (SSSR count). The Bertz CT molecular complexity index is 461. The third-order valence-electron chi connectivity index (χ3n) is 4.49. The van der Waals surface area contributed by atoms with Crippen molar-refractivity contribution in [2.75, 3.05) is 19.6 Å². The zero-order chi connectivity index (χ0) is 15.9. The number of piperidine rings is 1. The van der Waals surface area contributed by atoms with Crippen LogP contribution in [0.3, 0.4) is 0 Å². The summed E-state index contributed by atoms with van der Waals surface area (Å²) in [6.45, 7) is 7.38. The quantitative estimate of drug-likeness (QED) is 0.841. The summed E-state index contributed by atoms with van der Waals surface area (Å²) < 4.78 is 0. The third-order valence-corrected chi connectivity index (χ3v) is 4.49. The van der Waals surface area contributed by atoms with Gasteiger partial charge in [-0.25, -0.2) is 0 Å². The Labute approximate surface area is 133 Å². The van der Waals surface area contributed by atoms with Gasteiger partial charge in [-0.2, -0.15) is 0 Å². The van der Waals surface area contributed by atoms with Gasteiger partial charge in [0, 0.05) is 25.2 Å². The first-order chi connectivity index (χ1) is 10.6. The van der Waals surface area contributed by atoms with E-state index in [2.05, 4.69) is 47.9 Å². The van der Waals surface area contributed by atoms with Crippen LogP contribution in [0.5, 0.6) is 0 Å². The van der Waals surface area contributed by atoms with Crippen LogP contribution in [0.25, 0.3) is 0 Å². The van der Waals surface area contributed by atoms with Crippen LogP contribution in [0.1, 0.15) is 38.7 Å². The summed E-state index contributed by atoms with van der Waals surface area (Å²) in [6, 6.07) is 11.3. The minimum absolute atomic E-state index is 0.169. The van der Waals surface area contributed by atoms with Crippen LogP contribution in [-0.2, 0) is 11.3 Å². The molecule has 4 nitrogen and oxygen atoms in total. The van der Waals surface area contributed by atoms with Crippen LogP contribution < -0.4 is 0 Å². The maximum absolute atomic E-state index is 11.1. The van der Waals surface area contributed by atoms with Crippen molar-refractivity contribution in [1.82, 2.24) is 9.80 Å². The molecule has 0 spiro atoms. The van der Waals surface area contributed by atoms with E-state index in [4.69, 9.17) is 5.11 Å². The highest BCUT2D eigenvalue weighted by Gasteiger charge is 2.26. The van der Waals surface area contributed by atoms with Crippen LogP contribution in [0.4, 0.5) is 0 Å². The molecule has 1 aliphatic rings. The molecule has 1 atom stereocenters. The second kappa shape index (κ2) is 8.30. The molecule has 1 heterocycles. The average molecular weight is 304 g/mol. The molecule has 22 heavy (non-hydrogen) atoms. The molecule has 122 valence electrons. The Hall–Kier alpha value is -1.39. The summed E-state index contributed by atoms with van der Waals surface area (Å²) in [6.07, 6.45) is 3.42. The lowest BCUT2D eigenvalue weighted by Gasteiger charge is -2.39. The zero-order valence-corrected chi connectivity index (χ0v) is 13.7. The highest BCUT2D eigenvalue weighted by molar-refractivity contribution is 5.69. The molecule has 0 amide bonds. The Morgan fingerprint density at radius 3 is 2.68 bits per heavy atom. The van der Waals surface area contributed by atoms with Crippen molar-refractivity contribution in [2.24, 2.45) is 0 Å². The third kappa shape index (κ3) is 5.11. The maximum Gasteiger partial charge on any atom is 0.317 e. The van der Waals surface area contributed by atoms with Crippen molar-refractivity contribution < 1.29 is 9.90 Å². The fourth-order valence-corrected chi connectivity index (χ4v) is 3.20. The molecule has 0 saturated carbocycles. The van der Waals surface area contributed by atoms with Gasteiger partial charge in [0.1, 0.15) is 0 Å². The zero-order valence-electron chi connectivity index (χ0n) is 13.7. The molecular weight excluding hydrogens is 276 g/mol. The lowest BCUT2D eigenvalue weighted by atomic mass is 10.0. The predicted octanol–water partition coefficient (Wildman–Crippen LogP) is 2.84. The second-order valence-electron chi connectivity index (χ2n) is 6.52. The van der Waals surface area contributed by atoms with E-state index in [9.17, 15) is 4.79 Å². The number of hydrogen-bond acceptors (Lipinski definition) is 3. The average Bonchev–Trinajstić information content (AvgIpc) is 2.49. The number of likely N-dealkylation sites (tertiary alicyclic amines) is 1. The summed E-state index contributed by atoms with van der Waals surface area (Å²) >= 11 is 0. The smallest absolute Gasteiger partial charge is 0.317 e. The number of carbonyl (C=O) groups is 1. The Morgan fingerprint density at radius 1 is 1.32 bits per heavy atom. The van der Waals surface area contributed by atoms with E-state index >= 15 is 0 Å². The van der Waals surface area contributed by atoms with E-state index in [-0.39, 0.29) is 6.54 Å². The fourth-order valence-electron chi connectivity index (χ4n) is 3.20. The van der Waals surface area contributed by atoms with Gasteiger partial charge in [-0.05, 0) is 38.8 Å². The summed E-state index contributed by atoms with van der Waals surface area (Å²) in [4.78, 5) is 15.7. The van der Waals surface area contributed by atoms with Crippen molar-refractivity contribution in [1.29, 1.82) is 0 Å². The van der Waals surface area contributed by atoms with Crippen molar-refractivity contribution in [3.63, 3.8) is 0 Å². The SMILES string of the molecule is CC(C)N(Cc1ccccc1)C[C@@H]1CCCCN1CC(=O)O. The highest BCUT2D eigenvalue weighted by atomic mass is 16.4. The van der Waals surface area contributed by atoms with E-state index in [1.54, 1.807) is 0 Å². The topological polar surface area (TPSA) is 43.8 Å². The highest BCUT2D eigenvalue weighted by Crippen LogP contribution is 2.20. The number of carboxylic acid groups (broad SMARTS) is 1. The monoisotopic (exact) mass is 304 g/mol. The van der Waals surface area contributed by atoms with Gasteiger partial charge in [0.25, 0.3) is 0 Å². The molecule has 0 unspecified atom stereocenters. The van der Waals surface area contributed by atoms with Crippen LogP contribution in [0, 0.1) is 0 Å². The van der Waals surface area contributed by atoms with E-state index < -0.39 is 5.97 Å². The molecule has 1 aromatic rings. The number of rotatable bonds is 7. The minimum atomic E-state index is -0.717. The Balaban J connectivity index is 2.00. The van der Waals surface area contributed by atoms with Gasteiger partial charge in [0.2, 0.25) is 0 Å². The normalized spacial score (nSPS) is 19.7. The summed E-state index contributed by atoms with van der Waals surface area (Å²) in [5, 5.41) is 9.11. The lowest BCUT2D eigenvalue weighted by molar-refractivity contribution is -0.139. The standard InChI is InChI=1S/C18H28N2O2/c1-15(2)20(12-16-8-4-3-5-9-16)13-17-10-6-7-11-19(17)14-18(21)22/h3-5,8-9,15,17H,6-7,10-14H2,1-2H3,(H,21,22)/t17-/m0/s1. The van der Waals surface area contributed by atoms with Gasteiger partial charge in [-0.1, -0.05) is 36.8 Å². The van der Waals surface area contributed by atoms with Crippen molar-refractivity contribution >= 4 is 5.97 Å². The second-order valence-corrected chi connectivity index (χ2v) is 6.52. The minimum Gasteiger partial charge on any atom is -0.480 e. The van der Waals surface area contributed by atoms with Crippen molar-refractivity contribution in [3.05, 3.63) is 35.9 Å². The van der Waals surface area contributed by atoms with E-state index in [0.717, 1.165) is 32.5 Å². The van der Waals surface area contributed by atoms with Gasteiger partial charge in [0.15, 0.2) is 0 Å². The molecule has 1 N–H and O–H groups in total. The summed E-state index contributed by atoms with van der Waals surface area (Å²) in [5.41, 5.74) is 1.32. The van der Waals surface area contributed by atoms with E-state index in [1.165, 1.54) is 12.0 Å². The number of carboxylic acids is 1. The van der Waals surface area contributed by atoms with E-state index in [1.807, 2.05) is 6.07 Å². The lowest BCUT2D eigenvalue weighted by Crippen LogP contribution is -2.49. The largest absolute Gasteiger partial charge is 0.480 e. The molecule has 4 heteroatoms. The van der Waals surface area contributed by atoms with Crippen LogP contribution in [0.2, 0.25) is 0 Å². The molecule has 1 aromatic carbocycles.